The van der Waals surface area contributed by atoms with Crippen LogP contribution in [0, 0.1) is 5.92 Å². The number of pyridine rings is 1. The largest absolute Gasteiger partial charge is 0.419 e. The molecular formula is C20H21F3N4O2. The maximum Gasteiger partial charge on any atom is 0.419 e. The molecule has 0 radical (unpaired) electrons. The van der Waals surface area contributed by atoms with Gasteiger partial charge in [0, 0.05) is 26.3 Å². The molecule has 154 valence electrons. The van der Waals surface area contributed by atoms with Gasteiger partial charge in [-0.2, -0.15) is 13.2 Å². The molecule has 1 unspecified atom stereocenters. The van der Waals surface area contributed by atoms with Crippen LogP contribution in [0.5, 0.6) is 0 Å². The van der Waals surface area contributed by atoms with Crippen molar-refractivity contribution < 1.29 is 22.8 Å². The minimum absolute atomic E-state index is 0.119. The van der Waals surface area contributed by atoms with Gasteiger partial charge in [-0.3, -0.25) is 9.59 Å². The number of halogens is 3. The van der Waals surface area contributed by atoms with Crippen molar-refractivity contribution in [2.24, 2.45) is 5.92 Å². The lowest BCUT2D eigenvalue weighted by atomic mass is 9.96. The number of para-hydroxylation sites is 1. The number of rotatable bonds is 4. The smallest absolute Gasteiger partial charge is 0.355 e. The lowest BCUT2D eigenvalue weighted by Crippen LogP contribution is -2.42. The van der Waals surface area contributed by atoms with Gasteiger partial charge in [0.1, 0.15) is 5.82 Å². The first kappa shape index (κ1) is 20.6. The predicted octanol–water partition coefficient (Wildman–Crippen LogP) is 3.32. The monoisotopic (exact) mass is 406 g/mol. The van der Waals surface area contributed by atoms with Gasteiger partial charge in [0.15, 0.2) is 0 Å². The molecule has 0 saturated carbocycles. The molecule has 2 N–H and O–H groups in total. The highest BCUT2D eigenvalue weighted by Gasteiger charge is 2.37. The van der Waals surface area contributed by atoms with Crippen LogP contribution in [0.4, 0.5) is 24.7 Å². The quantitative estimate of drug-likeness (QED) is 0.817. The summed E-state index contributed by atoms with van der Waals surface area (Å²) >= 11 is 0. The molecule has 1 aromatic carbocycles. The van der Waals surface area contributed by atoms with Crippen LogP contribution in [-0.2, 0) is 11.0 Å². The summed E-state index contributed by atoms with van der Waals surface area (Å²) in [6.07, 6.45) is -2.11. The lowest BCUT2D eigenvalue weighted by molar-refractivity contribution is -0.137. The number of alkyl halides is 3. The Balaban J connectivity index is 1.77. The third kappa shape index (κ3) is 4.67. The Morgan fingerprint density at radius 3 is 2.66 bits per heavy atom. The maximum atomic E-state index is 13.3. The van der Waals surface area contributed by atoms with Crippen molar-refractivity contribution in [2.75, 3.05) is 30.4 Å². The van der Waals surface area contributed by atoms with E-state index in [0.717, 1.165) is 6.07 Å². The lowest BCUT2D eigenvalue weighted by Gasteiger charge is -2.34. The Kier molecular flexibility index (Phi) is 6.05. The summed E-state index contributed by atoms with van der Waals surface area (Å²) in [7, 11) is 1.49. The van der Waals surface area contributed by atoms with Crippen molar-refractivity contribution in [3.8, 4) is 0 Å². The zero-order valence-electron chi connectivity index (χ0n) is 15.8. The Bertz CT molecular complexity index is 901. The number of hydrogen-bond donors (Lipinski definition) is 2. The van der Waals surface area contributed by atoms with Crippen molar-refractivity contribution in [2.45, 2.75) is 19.0 Å². The van der Waals surface area contributed by atoms with Gasteiger partial charge < -0.3 is 15.5 Å². The molecule has 2 amide bonds. The van der Waals surface area contributed by atoms with Crippen LogP contribution in [-0.4, -0.2) is 36.9 Å². The number of benzene rings is 1. The topological polar surface area (TPSA) is 74.3 Å². The zero-order valence-corrected chi connectivity index (χ0v) is 15.8. The Morgan fingerprint density at radius 1 is 1.17 bits per heavy atom. The molecule has 6 nitrogen and oxygen atoms in total. The minimum Gasteiger partial charge on any atom is -0.355 e. The molecule has 9 heteroatoms. The molecule has 2 heterocycles. The van der Waals surface area contributed by atoms with E-state index >= 15 is 0 Å². The van der Waals surface area contributed by atoms with E-state index in [1.807, 2.05) is 0 Å². The van der Waals surface area contributed by atoms with Gasteiger partial charge in [-0.05, 0) is 37.1 Å². The first-order chi connectivity index (χ1) is 13.8. The average Bonchev–Trinajstić information content (AvgIpc) is 2.73. The molecule has 0 spiro atoms. The summed E-state index contributed by atoms with van der Waals surface area (Å²) in [6.45, 7) is 0.507. The normalized spacial score (nSPS) is 17.0. The molecule has 0 bridgehead atoms. The van der Waals surface area contributed by atoms with Crippen LogP contribution in [0.25, 0.3) is 0 Å². The SMILES string of the molecule is CNC(=O)c1ccccc1NC(=O)C1CCCN(c2ncccc2C(F)(F)F)C1. The predicted molar refractivity (Wildman–Crippen MR) is 103 cm³/mol. The Labute approximate surface area is 166 Å². The fourth-order valence-electron chi connectivity index (χ4n) is 3.41. The van der Waals surface area contributed by atoms with Crippen molar-refractivity contribution in [1.82, 2.24) is 10.3 Å². The molecule has 1 aliphatic heterocycles. The second-order valence-electron chi connectivity index (χ2n) is 6.77. The summed E-state index contributed by atoms with van der Waals surface area (Å²) < 4.78 is 39.9. The van der Waals surface area contributed by atoms with Crippen molar-refractivity contribution in [1.29, 1.82) is 0 Å². The van der Waals surface area contributed by atoms with E-state index in [-0.39, 0.29) is 24.2 Å². The highest BCUT2D eigenvalue weighted by atomic mass is 19.4. The summed E-state index contributed by atoms with van der Waals surface area (Å²) in [5, 5.41) is 5.25. The molecule has 29 heavy (non-hydrogen) atoms. The van der Waals surface area contributed by atoms with Crippen LogP contribution in [0.2, 0.25) is 0 Å². The number of nitrogens with one attached hydrogen (secondary N) is 2. The number of nitrogens with zero attached hydrogens (tertiary/aromatic N) is 2. The second-order valence-corrected chi connectivity index (χ2v) is 6.77. The third-order valence-electron chi connectivity index (χ3n) is 4.84. The van der Waals surface area contributed by atoms with Crippen molar-refractivity contribution in [3.05, 3.63) is 53.7 Å². The first-order valence-corrected chi connectivity index (χ1v) is 9.20. The summed E-state index contributed by atoms with van der Waals surface area (Å²) in [5.74, 6) is -1.36. The molecule has 1 aromatic heterocycles. The number of amides is 2. The summed E-state index contributed by atoms with van der Waals surface area (Å²) in [5.41, 5.74) is -0.131. The van der Waals surface area contributed by atoms with E-state index in [9.17, 15) is 22.8 Å². The van der Waals surface area contributed by atoms with E-state index in [2.05, 4.69) is 15.6 Å². The summed E-state index contributed by atoms with van der Waals surface area (Å²) in [4.78, 5) is 30.2. The second kappa shape index (κ2) is 8.50. The van der Waals surface area contributed by atoms with Crippen LogP contribution in [0.3, 0.4) is 0 Å². The molecule has 2 aromatic rings. The van der Waals surface area contributed by atoms with E-state index in [1.165, 1.54) is 24.2 Å². The molecule has 1 saturated heterocycles. The zero-order chi connectivity index (χ0) is 21.0. The first-order valence-electron chi connectivity index (χ1n) is 9.20. The van der Waals surface area contributed by atoms with E-state index in [1.54, 1.807) is 24.3 Å². The highest BCUT2D eigenvalue weighted by Crippen LogP contribution is 2.36. The van der Waals surface area contributed by atoms with Gasteiger partial charge in [0.25, 0.3) is 5.91 Å². The molecule has 1 atom stereocenters. The van der Waals surface area contributed by atoms with Crippen LogP contribution < -0.4 is 15.5 Å². The highest BCUT2D eigenvalue weighted by molar-refractivity contribution is 6.04. The summed E-state index contributed by atoms with van der Waals surface area (Å²) in [6, 6.07) is 8.82. The molecule has 1 aliphatic rings. The van der Waals surface area contributed by atoms with Gasteiger partial charge in [-0.15, -0.1) is 0 Å². The molecule has 0 aliphatic carbocycles. The Morgan fingerprint density at radius 2 is 1.93 bits per heavy atom. The van der Waals surface area contributed by atoms with Gasteiger partial charge in [0.2, 0.25) is 5.91 Å². The third-order valence-corrected chi connectivity index (χ3v) is 4.84. The van der Waals surface area contributed by atoms with E-state index in [0.29, 0.717) is 30.6 Å². The van der Waals surface area contributed by atoms with E-state index in [4.69, 9.17) is 0 Å². The van der Waals surface area contributed by atoms with Gasteiger partial charge >= 0.3 is 6.18 Å². The fourth-order valence-corrected chi connectivity index (χ4v) is 3.41. The number of anilines is 2. The van der Waals surface area contributed by atoms with Crippen molar-refractivity contribution in [3.63, 3.8) is 0 Å². The molecule has 1 fully saturated rings. The average molecular weight is 406 g/mol. The van der Waals surface area contributed by atoms with Crippen LogP contribution >= 0.6 is 0 Å². The number of piperidine rings is 1. The van der Waals surface area contributed by atoms with Gasteiger partial charge in [0.05, 0.1) is 22.7 Å². The number of hydrogen-bond acceptors (Lipinski definition) is 4. The molecule has 3 rings (SSSR count). The van der Waals surface area contributed by atoms with Crippen LogP contribution in [0.15, 0.2) is 42.6 Å². The van der Waals surface area contributed by atoms with Gasteiger partial charge in [-0.1, -0.05) is 12.1 Å². The Hall–Kier alpha value is -3.10. The number of carbonyl (C=O) groups excluding carboxylic acids is 2. The fraction of sp³-hybridized carbons (Fsp3) is 0.350. The van der Waals surface area contributed by atoms with Gasteiger partial charge in [-0.25, -0.2) is 4.98 Å². The van der Waals surface area contributed by atoms with E-state index < -0.39 is 17.7 Å². The van der Waals surface area contributed by atoms with Crippen molar-refractivity contribution >= 4 is 23.3 Å². The maximum absolute atomic E-state index is 13.3. The minimum atomic E-state index is -4.52. The number of aromatic nitrogens is 1. The van der Waals surface area contributed by atoms with Crippen LogP contribution in [0.1, 0.15) is 28.8 Å². The number of carbonyl (C=O) groups is 2. The standard InChI is InChI=1S/C20H21F3N4O2/c1-24-19(29)14-7-2-3-9-16(14)26-18(28)13-6-5-11-27(12-13)17-15(20(21,22)23)8-4-10-25-17/h2-4,7-10,13H,5-6,11-12H2,1H3,(H,24,29)(H,26,28). The molecular weight excluding hydrogens is 385 g/mol.